The molecule has 0 aromatic heterocycles. The highest BCUT2D eigenvalue weighted by molar-refractivity contribution is 9.11. The van der Waals surface area contributed by atoms with Crippen LogP contribution in [0.2, 0.25) is 0 Å². The van der Waals surface area contributed by atoms with E-state index in [1.807, 2.05) is 0 Å². The maximum atomic E-state index is 3.70. The van der Waals surface area contributed by atoms with Crippen molar-refractivity contribution >= 4 is 31.9 Å². The molecule has 0 aliphatic heterocycles. The summed E-state index contributed by atoms with van der Waals surface area (Å²) in [6.07, 6.45) is 6.73. The Bertz CT molecular complexity index is 368. The summed E-state index contributed by atoms with van der Waals surface area (Å²) >= 11 is 7.18. The van der Waals surface area contributed by atoms with Gasteiger partial charge in [0.05, 0.1) is 0 Å². The second-order valence-electron chi connectivity index (χ2n) is 5.24. The fourth-order valence-electron chi connectivity index (χ4n) is 2.49. The average molecular weight is 375 g/mol. The summed E-state index contributed by atoms with van der Waals surface area (Å²) in [6.45, 7) is 3.33. The zero-order valence-corrected chi connectivity index (χ0v) is 14.1. The van der Waals surface area contributed by atoms with Crippen LogP contribution in [0, 0.1) is 5.92 Å². The van der Waals surface area contributed by atoms with E-state index >= 15 is 0 Å². The maximum absolute atomic E-state index is 3.70. The minimum Gasteiger partial charge on any atom is -0.310 e. The second-order valence-corrected chi connectivity index (χ2v) is 7.07. The summed E-state index contributed by atoms with van der Waals surface area (Å²) in [4.78, 5) is 0. The molecule has 1 unspecified atom stereocenters. The quantitative estimate of drug-likeness (QED) is 0.698. The van der Waals surface area contributed by atoms with Gasteiger partial charge >= 0.3 is 0 Å². The molecule has 1 aliphatic rings. The maximum Gasteiger partial charge on any atom is 0.0323 e. The Labute approximate surface area is 127 Å². The molecule has 0 heterocycles. The molecule has 1 saturated carbocycles. The van der Waals surface area contributed by atoms with Crippen molar-refractivity contribution in [3.05, 3.63) is 32.7 Å². The van der Waals surface area contributed by atoms with Gasteiger partial charge in [0.1, 0.15) is 0 Å². The van der Waals surface area contributed by atoms with E-state index in [9.17, 15) is 0 Å². The summed E-state index contributed by atoms with van der Waals surface area (Å²) in [5.74, 6) is 0.928. The van der Waals surface area contributed by atoms with E-state index in [1.165, 1.54) is 37.7 Å². The SMILES string of the molecule is CCCNC(CC1CCC1)c1cc(Br)cc(Br)c1. The molecule has 0 bridgehead atoms. The van der Waals surface area contributed by atoms with Crippen LogP contribution in [0.25, 0.3) is 0 Å². The zero-order chi connectivity index (χ0) is 13.0. The molecule has 0 amide bonds. The van der Waals surface area contributed by atoms with E-state index in [4.69, 9.17) is 0 Å². The van der Waals surface area contributed by atoms with Gasteiger partial charge in [-0.25, -0.2) is 0 Å². The topological polar surface area (TPSA) is 12.0 Å². The van der Waals surface area contributed by atoms with Gasteiger partial charge in [-0.05, 0) is 49.1 Å². The molecule has 2 rings (SSSR count). The average Bonchev–Trinajstić information content (AvgIpc) is 2.25. The van der Waals surface area contributed by atoms with Crippen LogP contribution >= 0.6 is 31.9 Å². The van der Waals surface area contributed by atoms with E-state index in [2.05, 4.69) is 62.3 Å². The Balaban J connectivity index is 2.09. The van der Waals surface area contributed by atoms with E-state index in [0.717, 1.165) is 21.4 Å². The minimum atomic E-state index is 0.504. The van der Waals surface area contributed by atoms with E-state index in [1.54, 1.807) is 0 Å². The normalized spacial score (nSPS) is 17.5. The van der Waals surface area contributed by atoms with Crippen LogP contribution in [0.15, 0.2) is 27.1 Å². The number of nitrogens with one attached hydrogen (secondary N) is 1. The molecular weight excluding hydrogens is 354 g/mol. The summed E-state index contributed by atoms with van der Waals surface area (Å²) in [5, 5.41) is 3.70. The Hall–Kier alpha value is 0.140. The summed E-state index contributed by atoms with van der Waals surface area (Å²) in [7, 11) is 0. The Morgan fingerprint density at radius 3 is 2.39 bits per heavy atom. The largest absolute Gasteiger partial charge is 0.310 e. The van der Waals surface area contributed by atoms with Crippen LogP contribution in [0.1, 0.15) is 50.6 Å². The lowest BCUT2D eigenvalue weighted by Crippen LogP contribution is -2.26. The van der Waals surface area contributed by atoms with Crippen molar-refractivity contribution in [1.29, 1.82) is 0 Å². The highest BCUT2D eigenvalue weighted by Crippen LogP contribution is 2.36. The van der Waals surface area contributed by atoms with Crippen molar-refractivity contribution in [2.24, 2.45) is 5.92 Å². The fourth-order valence-corrected chi connectivity index (χ4v) is 3.82. The van der Waals surface area contributed by atoms with Crippen LogP contribution in [0.4, 0.5) is 0 Å². The molecule has 1 aliphatic carbocycles. The van der Waals surface area contributed by atoms with Crippen LogP contribution in [-0.2, 0) is 0 Å². The Morgan fingerprint density at radius 1 is 1.22 bits per heavy atom. The smallest absolute Gasteiger partial charge is 0.0323 e. The molecule has 100 valence electrons. The highest BCUT2D eigenvalue weighted by atomic mass is 79.9. The molecule has 1 atom stereocenters. The lowest BCUT2D eigenvalue weighted by Gasteiger charge is -2.30. The first-order valence-electron chi connectivity index (χ1n) is 6.88. The van der Waals surface area contributed by atoms with Gasteiger partial charge in [-0.3, -0.25) is 0 Å². The van der Waals surface area contributed by atoms with E-state index in [-0.39, 0.29) is 0 Å². The summed E-state index contributed by atoms with van der Waals surface area (Å²) in [5.41, 5.74) is 1.40. The second kappa shape index (κ2) is 7.06. The molecule has 1 aromatic rings. The third-order valence-electron chi connectivity index (χ3n) is 3.72. The first-order valence-corrected chi connectivity index (χ1v) is 8.47. The highest BCUT2D eigenvalue weighted by Gasteiger charge is 2.23. The Morgan fingerprint density at radius 2 is 1.89 bits per heavy atom. The summed E-state index contributed by atoms with van der Waals surface area (Å²) < 4.78 is 2.31. The van der Waals surface area contributed by atoms with Gasteiger partial charge < -0.3 is 5.32 Å². The number of hydrogen-bond donors (Lipinski definition) is 1. The predicted molar refractivity (Wildman–Crippen MR) is 84.8 cm³/mol. The fraction of sp³-hybridized carbons (Fsp3) is 0.600. The molecule has 0 radical (unpaired) electrons. The van der Waals surface area contributed by atoms with E-state index < -0.39 is 0 Å². The molecule has 1 N–H and O–H groups in total. The van der Waals surface area contributed by atoms with Crippen LogP contribution in [0.5, 0.6) is 0 Å². The number of benzene rings is 1. The van der Waals surface area contributed by atoms with Crippen molar-refractivity contribution in [3.8, 4) is 0 Å². The lowest BCUT2D eigenvalue weighted by molar-refractivity contribution is 0.261. The third-order valence-corrected chi connectivity index (χ3v) is 4.64. The summed E-state index contributed by atoms with van der Waals surface area (Å²) in [6, 6.07) is 7.10. The minimum absolute atomic E-state index is 0.504. The van der Waals surface area contributed by atoms with Crippen LogP contribution in [0.3, 0.4) is 0 Å². The monoisotopic (exact) mass is 373 g/mol. The van der Waals surface area contributed by atoms with Crippen LogP contribution in [-0.4, -0.2) is 6.54 Å². The van der Waals surface area contributed by atoms with Crippen LogP contribution < -0.4 is 5.32 Å². The molecular formula is C15H21Br2N. The van der Waals surface area contributed by atoms with E-state index in [0.29, 0.717) is 6.04 Å². The van der Waals surface area contributed by atoms with Crippen molar-refractivity contribution in [3.63, 3.8) is 0 Å². The van der Waals surface area contributed by atoms with Crippen molar-refractivity contribution in [2.75, 3.05) is 6.54 Å². The first-order chi connectivity index (χ1) is 8.69. The number of hydrogen-bond acceptors (Lipinski definition) is 1. The van der Waals surface area contributed by atoms with Crippen molar-refractivity contribution < 1.29 is 0 Å². The van der Waals surface area contributed by atoms with Gasteiger partial charge in [-0.2, -0.15) is 0 Å². The first kappa shape index (κ1) is 14.5. The Kier molecular flexibility index (Phi) is 5.71. The van der Waals surface area contributed by atoms with Crippen molar-refractivity contribution in [2.45, 2.75) is 45.1 Å². The third kappa shape index (κ3) is 4.07. The molecule has 0 spiro atoms. The van der Waals surface area contributed by atoms with Crippen molar-refractivity contribution in [1.82, 2.24) is 5.32 Å². The van der Waals surface area contributed by atoms with Gasteiger partial charge in [0.2, 0.25) is 0 Å². The standard InChI is InChI=1S/C15H21Br2N/c1-2-6-18-15(7-11-4-3-5-11)12-8-13(16)10-14(17)9-12/h8-11,15,18H,2-7H2,1H3. The lowest BCUT2D eigenvalue weighted by atomic mass is 9.79. The van der Waals surface area contributed by atoms with Gasteiger partial charge in [0.25, 0.3) is 0 Å². The molecule has 0 saturated heterocycles. The van der Waals surface area contributed by atoms with Gasteiger partial charge in [0.15, 0.2) is 0 Å². The number of rotatable bonds is 6. The van der Waals surface area contributed by atoms with Gasteiger partial charge in [-0.1, -0.05) is 58.0 Å². The predicted octanol–water partition coefficient (Wildman–Crippen LogP) is 5.44. The zero-order valence-electron chi connectivity index (χ0n) is 10.9. The molecule has 3 heteroatoms. The molecule has 1 fully saturated rings. The van der Waals surface area contributed by atoms with Gasteiger partial charge in [0, 0.05) is 15.0 Å². The molecule has 1 nitrogen and oxygen atoms in total. The molecule has 18 heavy (non-hydrogen) atoms. The van der Waals surface area contributed by atoms with Gasteiger partial charge in [-0.15, -0.1) is 0 Å². The molecule has 1 aromatic carbocycles. The number of halogens is 2.